The summed E-state index contributed by atoms with van der Waals surface area (Å²) in [6.07, 6.45) is 2.93. The molecule has 2 aliphatic heterocycles. The van der Waals surface area contributed by atoms with Crippen LogP contribution < -0.4 is 0 Å². The van der Waals surface area contributed by atoms with Gasteiger partial charge in [-0.2, -0.15) is 0 Å². The average Bonchev–Trinajstić information content (AvgIpc) is 2.80. The average molecular weight is 260 g/mol. The number of halogens is 1. The Morgan fingerprint density at radius 1 is 1.47 bits per heavy atom. The van der Waals surface area contributed by atoms with Crippen LogP contribution >= 0.6 is 11.6 Å². The molecule has 0 saturated carbocycles. The van der Waals surface area contributed by atoms with E-state index in [1.165, 1.54) is 0 Å². The molecule has 0 spiro atoms. The third kappa shape index (κ3) is 2.76. The fourth-order valence-corrected chi connectivity index (χ4v) is 3.08. The number of alkyl halides is 1. The van der Waals surface area contributed by atoms with Gasteiger partial charge in [-0.3, -0.25) is 4.79 Å². The van der Waals surface area contributed by atoms with E-state index < -0.39 is 0 Å². The second kappa shape index (κ2) is 5.57. The van der Waals surface area contributed by atoms with E-state index in [0.717, 1.165) is 32.4 Å². The number of carbonyl (C=O) groups is 1. The van der Waals surface area contributed by atoms with Crippen molar-refractivity contribution in [3.63, 3.8) is 0 Å². The summed E-state index contributed by atoms with van der Waals surface area (Å²) in [5.41, 5.74) is 0. The molecule has 4 unspecified atom stereocenters. The third-order valence-electron chi connectivity index (χ3n) is 4.11. The first-order valence-corrected chi connectivity index (χ1v) is 7.11. The van der Waals surface area contributed by atoms with E-state index in [4.69, 9.17) is 16.3 Å². The number of ether oxygens (including phenoxy) is 1. The molecular formula is C13H22ClNO2. The Morgan fingerprint density at radius 3 is 2.88 bits per heavy atom. The van der Waals surface area contributed by atoms with Gasteiger partial charge in [-0.1, -0.05) is 13.8 Å². The highest BCUT2D eigenvalue weighted by molar-refractivity contribution is 6.21. The van der Waals surface area contributed by atoms with E-state index in [2.05, 4.69) is 13.8 Å². The standard InChI is InChI=1S/C13H22ClNO2/c1-3-12-10(5-7-17-12)13(16)15-6-4-9(2)11(14)8-15/h9-12H,3-8H2,1-2H3. The van der Waals surface area contributed by atoms with Gasteiger partial charge in [0.1, 0.15) is 0 Å². The van der Waals surface area contributed by atoms with Gasteiger partial charge in [0, 0.05) is 19.7 Å². The first-order chi connectivity index (χ1) is 8.13. The van der Waals surface area contributed by atoms with E-state index in [1.807, 2.05) is 4.90 Å². The number of piperidine rings is 1. The second-order valence-electron chi connectivity index (χ2n) is 5.28. The lowest BCUT2D eigenvalue weighted by Crippen LogP contribution is -2.47. The molecule has 0 aromatic rings. The molecule has 2 rings (SSSR count). The molecule has 17 heavy (non-hydrogen) atoms. The highest BCUT2D eigenvalue weighted by Crippen LogP contribution is 2.28. The summed E-state index contributed by atoms with van der Waals surface area (Å²) in [7, 11) is 0. The summed E-state index contributed by atoms with van der Waals surface area (Å²) in [6.45, 7) is 6.53. The van der Waals surface area contributed by atoms with Crippen molar-refractivity contribution in [1.29, 1.82) is 0 Å². The monoisotopic (exact) mass is 259 g/mol. The zero-order valence-electron chi connectivity index (χ0n) is 10.7. The maximum Gasteiger partial charge on any atom is 0.228 e. The van der Waals surface area contributed by atoms with Crippen LogP contribution in [0.3, 0.4) is 0 Å². The minimum absolute atomic E-state index is 0.0669. The zero-order valence-corrected chi connectivity index (χ0v) is 11.4. The van der Waals surface area contributed by atoms with Gasteiger partial charge in [0.05, 0.1) is 17.4 Å². The lowest BCUT2D eigenvalue weighted by Gasteiger charge is -2.36. The van der Waals surface area contributed by atoms with Gasteiger partial charge < -0.3 is 9.64 Å². The van der Waals surface area contributed by atoms with E-state index in [1.54, 1.807) is 0 Å². The van der Waals surface area contributed by atoms with Gasteiger partial charge >= 0.3 is 0 Å². The molecule has 0 N–H and O–H groups in total. The van der Waals surface area contributed by atoms with Crippen LogP contribution in [-0.2, 0) is 9.53 Å². The van der Waals surface area contributed by atoms with Gasteiger partial charge in [0.15, 0.2) is 0 Å². The summed E-state index contributed by atoms with van der Waals surface area (Å²) in [4.78, 5) is 14.4. The van der Waals surface area contributed by atoms with Gasteiger partial charge in [-0.25, -0.2) is 0 Å². The fraction of sp³-hybridized carbons (Fsp3) is 0.923. The highest BCUT2D eigenvalue weighted by atomic mass is 35.5. The van der Waals surface area contributed by atoms with E-state index >= 15 is 0 Å². The maximum atomic E-state index is 12.4. The highest BCUT2D eigenvalue weighted by Gasteiger charge is 2.37. The van der Waals surface area contributed by atoms with E-state index in [0.29, 0.717) is 12.5 Å². The number of hydrogen-bond donors (Lipinski definition) is 0. The van der Waals surface area contributed by atoms with Gasteiger partial charge in [-0.05, 0) is 25.2 Å². The Morgan fingerprint density at radius 2 is 2.24 bits per heavy atom. The first kappa shape index (κ1) is 13.2. The number of nitrogens with zero attached hydrogens (tertiary/aromatic N) is 1. The van der Waals surface area contributed by atoms with Crippen LogP contribution in [0.4, 0.5) is 0 Å². The molecule has 0 aromatic heterocycles. The molecule has 2 fully saturated rings. The summed E-state index contributed by atoms with van der Waals surface area (Å²) in [5.74, 6) is 0.840. The van der Waals surface area contributed by atoms with Crippen LogP contribution in [0, 0.1) is 11.8 Å². The quantitative estimate of drug-likeness (QED) is 0.712. The predicted octanol–water partition coefficient (Wildman–Crippen LogP) is 2.28. The summed E-state index contributed by atoms with van der Waals surface area (Å²) < 4.78 is 5.59. The third-order valence-corrected chi connectivity index (χ3v) is 4.68. The van der Waals surface area contributed by atoms with Crippen LogP contribution in [0.5, 0.6) is 0 Å². The van der Waals surface area contributed by atoms with Crippen molar-refractivity contribution >= 4 is 17.5 Å². The molecule has 0 bridgehead atoms. The fourth-order valence-electron chi connectivity index (χ4n) is 2.79. The maximum absolute atomic E-state index is 12.4. The van der Waals surface area contributed by atoms with Crippen molar-refractivity contribution < 1.29 is 9.53 Å². The summed E-state index contributed by atoms with van der Waals surface area (Å²) in [6, 6.07) is 0. The Labute approximate surface area is 108 Å². The molecule has 4 heteroatoms. The van der Waals surface area contributed by atoms with Crippen molar-refractivity contribution in [3.05, 3.63) is 0 Å². The number of carbonyl (C=O) groups excluding carboxylic acids is 1. The lowest BCUT2D eigenvalue weighted by molar-refractivity contribution is -0.138. The topological polar surface area (TPSA) is 29.5 Å². The van der Waals surface area contributed by atoms with E-state index in [-0.39, 0.29) is 23.3 Å². The van der Waals surface area contributed by atoms with Gasteiger partial charge in [0.25, 0.3) is 0 Å². The smallest absolute Gasteiger partial charge is 0.228 e. The zero-order chi connectivity index (χ0) is 12.4. The van der Waals surface area contributed by atoms with Crippen molar-refractivity contribution in [1.82, 2.24) is 4.90 Å². The Balaban J connectivity index is 1.95. The van der Waals surface area contributed by atoms with Crippen LogP contribution in [-0.4, -0.2) is 42.0 Å². The van der Waals surface area contributed by atoms with Crippen molar-refractivity contribution in [2.24, 2.45) is 11.8 Å². The largest absolute Gasteiger partial charge is 0.377 e. The Kier molecular flexibility index (Phi) is 4.31. The lowest BCUT2D eigenvalue weighted by atomic mass is 9.94. The molecule has 2 heterocycles. The molecule has 0 radical (unpaired) electrons. The molecule has 0 aliphatic carbocycles. The molecule has 2 aliphatic rings. The normalized spacial score (nSPS) is 38.4. The SMILES string of the molecule is CCC1OCCC1C(=O)N1CCC(C)C(Cl)C1. The first-order valence-electron chi connectivity index (χ1n) is 6.68. The van der Waals surface area contributed by atoms with Crippen LogP contribution in [0.2, 0.25) is 0 Å². The molecule has 3 nitrogen and oxygen atoms in total. The number of hydrogen-bond acceptors (Lipinski definition) is 2. The molecule has 1 amide bonds. The van der Waals surface area contributed by atoms with Gasteiger partial charge in [0.2, 0.25) is 5.91 Å². The predicted molar refractivity (Wildman–Crippen MR) is 68.1 cm³/mol. The van der Waals surface area contributed by atoms with Crippen LogP contribution in [0.1, 0.15) is 33.1 Å². The summed E-state index contributed by atoms with van der Waals surface area (Å²) in [5, 5.41) is 0.107. The number of likely N-dealkylation sites (tertiary alicyclic amines) is 1. The minimum atomic E-state index is 0.0669. The summed E-state index contributed by atoms with van der Waals surface area (Å²) >= 11 is 6.26. The van der Waals surface area contributed by atoms with Gasteiger partial charge in [-0.15, -0.1) is 11.6 Å². The minimum Gasteiger partial charge on any atom is -0.377 e. The number of amides is 1. The van der Waals surface area contributed by atoms with Crippen LogP contribution in [0.25, 0.3) is 0 Å². The van der Waals surface area contributed by atoms with Crippen molar-refractivity contribution in [2.45, 2.75) is 44.6 Å². The second-order valence-corrected chi connectivity index (χ2v) is 5.84. The molecule has 2 saturated heterocycles. The van der Waals surface area contributed by atoms with Crippen molar-refractivity contribution in [2.75, 3.05) is 19.7 Å². The number of rotatable bonds is 2. The molecular weight excluding hydrogens is 238 g/mol. The van der Waals surface area contributed by atoms with Crippen LogP contribution in [0.15, 0.2) is 0 Å². The Hall–Kier alpha value is -0.280. The Bertz CT molecular complexity index is 285. The molecule has 98 valence electrons. The molecule has 4 atom stereocenters. The van der Waals surface area contributed by atoms with E-state index in [9.17, 15) is 4.79 Å². The van der Waals surface area contributed by atoms with Crippen molar-refractivity contribution in [3.8, 4) is 0 Å². The molecule has 0 aromatic carbocycles.